The summed E-state index contributed by atoms with van der Waals surface area (Å²) in [6.45, 7) is 3.66. The fourth-order valence-corrected chi connectivity index (χ4v) is 3.25. The van der Waals surface area contributed by atoms with Gasteiger partial charge in [0.1, 0.15) is 11.6 Å². The Morgan fingerprint density at radius 2 is 2.00 bits per heavy atom. The number of aliphatic imine (C=N–C) groups is 1. The van der Waals surface area contributed by atoms with Gasteiger partial charge < -0.3 is 19.9 Å². The molecule has 1 heterocycles. The summed E-state index contributed by atoms with van der Waals surface area (Å²) in [7, 11) is 3.40. The summed E-state index contributed by atoms with van der Waals surface area (Å²) in [5.74, 6) is 1.21. The van der Waals surface area contributed by atoms with Crippen molar-refractivity contribution in [3.8, 4) is 11.8 Å². The number of anilines is 1. The molecule has 1 aliphatic rings. The maximum atomic E-state index is 14.1. The molecule has 0 saturated carbocycles. The number of nitriles is 1. The van der Waals surface area contributed by atoms with E-state index in [1.54, 1.807) is 26.3 Å². The molecule has 2 aromatic carbocycles. The summed E-state index contributed by atoms with van der Waals surface area (Å²) in [4.78, 5) is 8.81. The van der Waals surface area contributed by atoms with Crippen molar-refractivity contribution in [2.45, 2.75) is 6.54 Å². The van der Waals surface area contributed by atoms with Crippen LogP contribution in [0, 0.1) is 17.1 Å². The van der Waals surface area contributed by atoms with Crippen molar-refractivity contribution in [3.63, 3.8) is 0 Å². The quantitative estimate of drug-likeness (QED) is 0.652. The first-order valence-corrected chi connectivity index (χ1v) is 9.17. The first-order chi connectivity index (χ1) is 13.6. The van der Waals surface area contributed by atoms with E-state index >= 15 is 0 Å². The molecule has 1 saturated heterocycles. The minimum atomic E-state index is -0.384. The van der Waals surface area contributed by atoms with Crippen molar-refractivity contribution in [1.29, 1.82) is 5.26 Å². The van der Waals surface area contributed by atoms with Crippen molar-refractivity contribution in [3.05, 3.63) is 59.4 Å². The van der Waals surface area contributed by atoms with Gasteiger partial charge in [0.2, 0.25) is 0 Å². The molecule has 0 amide bonds. The minimum absolute atomic E-state index is 0.319. The lowest BCUT2D eigenvalue weighted by atomic mass is 10.1. The van der Waals surface area contributed by atoms with Gasteiger partial charge in [-0.3, -0.25) is 4.99 Å². The van der Waals surface area contributed by atoms with E-state index in [1.165, 1.54) is 6.07 Å². The normalized spacial score (nSPS) is 14.6. The smallest absolute Gasteiger partial charge is 0.194 e. The second-order valence-electron chi connectivity index (χ2n) is 6.49. The predicted octanol–water partition coefficient (Wildman–Crippen LogP) is 2.60. The molecule has 1 aliphatic heterocycles. The third-order valence-electron chi connectivity index (χ3n) is 4.83. The van der Waals surface area contributed by atoms with Gasteiger partial charge in [-0.1, -0.05) is 12.1 Å². The monoisotopic (exact) mass is 381 g/mol. The summed E-state index contributed by atoms with van der Waals surface area (Å²) >= 11 is 0. The van der Waals surface area contributed by atoms with Gasteiger partial charge in [-0.05, 0) is 24.3 Å². The van der Waals surface area contributed by atoms with Crippen LogP contribution in [0.15, 0.2) is 47.5 Å². The Morgan fingerprint density at radius 1 is 1.21 bits per heavy atom. The first kappa shape index (κ1) is 19.5. The predicted molar refractivity (Wildman–Crippen MR) is 108 cm³/mol. The van der Waals surface area contributed by atoms with Crippen molar-refractivity contribution in [2.75, 3.05) is 45.2 Å². The molecule has 3 rings (SSSR count). The van der Waals surface area contributed by atoms with Crippen LogP contribution in [0.25, 0.3) is 0 Å². The van der Waals surface area contributed by atoms with E-state index in [4.69, 9.17) is 10.00 Å². The lowest BCUT2D eigenvalue weighted by molar-refractivity contribution is 0.371. The van der Waals surface area contributed by atoms with E-state index < -0.39 is 0 Å². The minimum Gasteiger partial charge on any atom is -0.497 e. The number of hydrogen-bond acceptors (Lipinski definition) is 4. The summed E-state index contributed by atoms with van der Waals surface area (Å²) < 4.78 is 19.4. The van der Waals surface area contributed by atoms with Gasteiger partial charge in [-0.25, -0.2) is 4.39 Å². The highest BCUT2D eigenvalue weighted by Crippen LogP contribution is 2.22. The average molecular weight is 381 g/mol. The van der Waals surface area contributed by atoms with Gasteiger partial charge in [0, 0.05) is 57.1 Å². The molecule has 7 heteroatoms. The lowest BCUT2D eigenvalue weighted by Crippen LogP contribution is -2.52. The Hall–Kier alpha value is -3.27. The van der Waals surface area contributed by atoms with E-state index in [9.17, 15) is 4.39 Å². The highest BCUT2D eigenvalue weighted by Gasteiger charge is 2.20. The van der Waals surface area contributed by atoms with E-state index in [-0.39, 0.29) is 5.82 Å². The Kier molecular flexibility index (Phi) is 6.33. The van der Waals surface area contributed by atoms with Gasteiger partial charge in [-0.2, -0.15) is 5.26 Å². The standard InChI is InChI=1S/C21H24FN5O/c1-24-21(25-15-17-7-6-16(14-23)12-20(17)22)27-10-8-26(9-11-27)18-4-3-5-19(13-18)28-2/h3-7,12-13H,8-11,15H2,1-2H3,(H,24,25). The fourth-order valence-electron chi connectivity index (χ4n) is 3.25. The van der Waals surface area contributed by atoms with Crippen molar-refractivity contribution in [1.82, 2.24) is 10.2 Å². The van der Waals surface area contributed by atoms with Gasteiger partial charge in [-0.15, -0.1) is 0 Å². The second-order valence-corrected chi connectivity index (χ2v) is 6.49. The molecule has 0 unspecified atom stereocenters. The molecule has 1 N–H and O–H groups in total. The van der Waals surface area contributed by atoms with Crippen LogP contribution < -0.4 is 15.0 Å². The summed E-state index contributed by atoms with van der Waals surface area (Å²) in [5, 5.41) is 12.1. The van der Waals surface area contributed by atoms with E-state index in [0.29, 0.717) is 17.7 Å². The fraction of sp³-hybridized carbons (Fsp3) is 0.333. The Bertz CT molecular complexity index is 885. The molecule has 2 aromatic rings. The van der Waals surface area contributed by atoms with Crippen molar-refractivity contribution in [2.24, 2.45) is 4.99 Å². The highest BCUT2D eigenvalue weighted by atomic mass is 19.1. The molecular weight excluding hydrogens is 357 g/mol. The van der Waals surface area contributed by atoms with Crippen LogP contribution in [0.5, 0.6) is 5.75 Å². The number of nitrogens with one attached hydrogen (secondary N) is 1. The number of nitrogens with zero attached hydrogens (tertiary/aromatic N) is 4. The first-order valence-electron chi connectivity index (χ1n) is 9.17. The third-order valence-corrected chi connectivity index (χ3v) is 4.83. The zero-order valence-electron chi connectivity index (χ0n) is 16.2. The molecule has 1 fully saturated rings. The van der Waals surface area contributed by atoms with Crippen LogP contribution in [0.3, 0.4) is 0 Å². The molecule has 0 radical (unpaired) electrons. The van der Waals surface area contributed by atoms with Crippen LogP contribution in [0.1, 0.15) is 11.1 Å². The third kappa shape index (κ3) is 4.52. The van der Waals surface area contributed by atoms with Gasteiger partial charge in [0.05, 0.1) is 18.7 Å². The molecule has 0 aliphatic carbocycles. The van der Waals surface area contributed by atoms with E-state index in [2.05, 4.69) is 26.2 Å². The maximum Gasteiger partial charge on any atom is 0.194 e. The number of halogens is 1. The molecular formula is C21H24FN5O. The summed E-state index contributed by atoms with van der Waals surface area (Å²) in [6, 6.07) is 14.5. The molecule has 0 atom stereocenters. The largest absolute Gasteiger partial charge is 0.497 e. The molecule has 6 nitrogen and oxygen atoms in total. The number of guanidine groups is 1. The SMILES string of the molecule is CN=C(NCc1ccc(C#N)cc1F)N1CCN(c2cccc(OC)c2)CC1. The van der Waals surface area contributed by atoms with Gasteiger partial charge in [0.25, 0.3) is 0 Å². The van der Waals surface area contributed by atoms with Crippen LogP contribution in [-0.2, 0) is 6.54 Å². The topological polar surface area (TPSA) is 63.9 Å². The Labute approximate surface area is 164 Å². The van der Waals surface area contributed by atoms with Crippen LogP contribution in [-0.4, -0.2) is 51.2 Å². The number of benzene rings is 2. The molecule has 0 bridgehead atoms. The van der Waals surface area contributed by atoms with Crippen LogP contribution in [0.4, 0.5) is 10.1 Å². The highest BCUT2D eigenvalue weighted by molar-refractivity contribution is 5.80. The van der Waals surface area contributed by atoms with Crippen molar-refractivity contribution < 1.29 is 9.13 Å². The zero-order chi connectivity index (χ0) is 19.9. The average Bonchev–Trinajstić information content (AvgIpc) is 2.75. The van der Waals surface area contributed by atoms with E-state index in [1.807, 2.05) is 24.3 Å². The number of methoxy groups -OCH3 is 1. The number of rotatable bonds is 4. The molecule has 0 spiro atoms. The zero-order valence-corrected chi connectivity index (χ0v) is 16.2. The Morgan fingerprint density at radius 3 is 2.64 bits per heavy atom. The Balaban J connectivity index is 1.57. The van der Waals surface area contributed by atoms with E-state index in [0.717, 1.165) is 43.6 Å². The van der Waals surface area contributed by atoms with Crippen LogP contribution in [0.2, 0.25) is 0 Å². The van der Waals surface area contributed by atoms with Gasteiger partial charge >= 0.3 is 0 Å². The molecule has 0 aromatic heterocycles. The second kappa shape index (κ2) is 9.09. The van der Waals surface area contributed by atoms with Crippen molar-refractivity contribution >= 4 is 11.6 Å². The van der Waals surface area contributed by atoms with Gasteiger partial charge in [0.15, 0.2) is 5.96 Å². The molecule has 28 heavy (non-hydrogen) atoms. The maximum absolute atomic E-state index is 14.1. The summed E-state index contributed by atoms with van der Waals surface area (Å²) in [5.41, 5.74) is 1.97. The lowest BCUT2D eigenvalue weighted by Gasteiger charge is -2.37. The number of piperazine rings is 1. The number of ether oxygens (including phenoxy) is 1. The number of hydrogen-bond donors (Lipinski definition) is 1. The van der Waals surface area contributed by atoms with Crippen LogP contribution >= 0.6 is 0 Å². The molecule has 146 valence electrons. The summed E-state index contributed by atoms with van der Waals surface area (Å²) in [6.07, 6.45) is 0.